The van der Waals surface area contributed by atoms with Crippen LogP contribution in [0.4, 0.5) is 0 Å². The Bertz CT molecular complexity index is 505. The van der Waals surface area contributed by atoms with Crippen molar-refractivity contribution in [2.45, 2.75) is 12.8 Å². The van der Waals surface area contributed by atoms with Gasteiger partial charge in [0.15, 0.2) is 5.76 Å². The zero-order valence-corrected chi connectivity index (χ0v) is 9.74. The Labute approximate surface area is 100 Å². The number of para-hydroxylation sites is 1. The quantitative estimate of drug-likeness (QED) is 0.806. The van der Waals surface area contributed by atoms with Gasteiger partial charge >= 0.3 is 0 Å². The molecule has 88 valence electrons. The second-order valence-electron chi connectivity index (χ2n) is 4.71. The van der Waals surface area contributed by atoms with E-state index in [4.69, 9.17) is 4.42 Å². The van der Waals surface area contributed by atoms with Crippen molar-refractivity contribution in [1.82, 2.24) is 0 Å². The Morgan fingerprint density at radius 2 is 2.00 bits per heavy atom. The lowest BCUT2D eigenvalue weighted by Crippen LogP contribution is -3.10. The predicted octanol–water partition coefficient (Wildman–Crippen LogP) is 1.29. The fourth-order valence-electron chi connectivity index (χ4n) is 2.49. The molecule has 0 unspecified atom stereocenters. The Hall–Kier alpha value is -1.61. The average Bonchev–Trinajstić information content (AvgIpc) is 2.96. The van der Waals surface area contributed by atoms with Crippen LogP contribution < -0.4 is 4.90 Å². The molecule has 1 aliphatic rings. The molecule has 1 aromatic heterocycles. The third-order valence-corrected chi connectivity index (χ3v) is 3.42. The number of carbonyl (C=O) groups is 1. The van der Waals surface area contributed by atoms with Crippen LogP contribution in [0.2, 0.25) is 0 Å². The molecule has 1 saturated heterocycles. The molecule has 17 heavy (non-hydrogen) atoms. The van der Waals surface area contributed by atoms with Crippen molar-refractivity contribution in [2.24, 2.45) is 0 Å². The molecule has 3 rings (SSSR count). The van der Waals surface area contributed by atoms with E-state index in [9.17, 15) is 4.79 Å². The van der Waals surface area contributed by atoms with Crippen molar-refractivity contribution >= 4 is 16.8 Å². The molecule has 0 amide bonds. The molecule has 2 aromatic rings. The van der Waals surface area contributed by atoms with Gasteiger partial charge in [0.1, 0.15) is 12.1 Å². The van der Waals surface area contributed by atoms with Crippen LogP contribution in [0.1, 0.15) is 23.4 Å². The topological polar surface area (TPSA) is 34.7 Å². The van der Waals surface area contributed by atoms with Crippen LogP contribution in [0, 0.1) is 0 Å². The maximum atomic E-state index is 12.1. The first-order valence-corrected chi connectivity index (χ1v) is 6.18. The highest BCUT2D eigenvalue weighted by Crippen LogP contribution is 2.18. The molecule has 3 nitrogen and oxygen atoms in total. The Balaban J connectivity index is 1.80. The van der Waals surface area contributed by atoms with Crippen molar-refractivity contribution < 1.29 is 14.1 Å². The van der Waals surface area contributed by atoms with Crippen LogP contribution in [0.3, 0.4) is 0 Å². The lowest BCUT2D eigenvalue weighted by atomic mass is 10.2. The van der Waals surface area contributed by atoms with E-state index in [-0.39, 0.29) is 5.78 Å². The van der Waals surface area contributed by atoms with E-state index in [1.54, 1.807) is 0 Å². The number of nitrogens with one attached hydrogen (secondary N) is 1. The van der Waals surface area contributed by atoms with E-state index in [0.717, 1.165) is 24.1 Å². The molecule has 2 heterocycles. The van der Waals surface area contributed by atoms with Gasteiger partial charge in [-0.2, -0.15) is 0 Å². The molecule has 0 radical (unpaired) electrons. The van der Waals surface area contributed by atoms with Crippen LogP contribution in [-0.2, 0) is 0 Å². The van der Waals surface area contributed by atoms with Gasteiger partial charge in [0.05, 0.1) is 13.1 Å². The number of fused-ring (bicyclic) bond motifs is 1. The van der Waals surface area contributed by atoms with Gasteiger partial charge in [0.2, 0.25) is 0 Å². The fourth-order valence-corrected chi connectivity index (χ4v) is 2.49. The molecule has 1 aliphatic heterocycles. The van der Waals surface area contributed by atoms with E-state index in [1.165, 1.54) is 17.7 Å². The number of benzene rings is 1. The number of likely N-dealkylation sites (tertiary alicyclic amines) is 1. The second kappa shape index (κ2) is 4.34. The minimum Gasteiger partial charge on any atom is -0.453 e. The van der Waals surface area contributed by atoms with E-state index >= 15 is 0 Å². The summed E-state index contributed by atoms with van der Waals surface area (Å²) in [6.07, 6.45) is 2.48. The third-order valence-electron chi connectivity index (χ3n) is 3.42. The van der Waals surface area contributed by atoms with Crippen LogP contribution in [0.5, 0.6) is 0 Å². The van der Waals surface area contributed by atoms with Gasteiger partial charge in [-0.1, -0.05) is 18.2 Å². The summed E-state index contributed by atoms with van der Waals surface area (Å²) in [5.41, 5.74) is 0.798. The highest BCUT2D eigenvalue weighted by Gasteiger charge is 2.21. The first-order valence-electron chi connectivity index (χ1n) is 6.18. The monoisotopic (exact) mass is 230 g/mol. The molecular weight excluding hydrogens is 214 g/mol. The molecule has 0 saturated carbocycles. The minimum atomic E-state index is 0.123. The van der Waals surface area contributed by atoms with E-state index < -0.39 is 0 Å². The van der Waals surface area contributed by atoms with Crippen LogP contribution in [0.25, 0.3) is 11.0 Å². The van der Waals surface area contributed by atoms with Crippen LogP contribution >= 0.6 is 0 Å². The maximum Gasteiger partial charge on any atom is 0.251 e. The summed E-state index contributed by atoms with van der Waals surface area (Å²) in [5.74, 6) is 0.628. The number of hydrogen-bond donors (Lipinski definition) is 1. The number of Topliss-reactive ketones (excluding diaryl/α,β-unsaturated/α-hetero) is 1. The first-order chi connectivity index (χ1) is 8.33. The Morgan fingerprint density at radius 1 is 1.24 bits per heavy atom. The normalized spacial score (nSPS) is 16.7. The molecular formula is C14H16NO2+. The predicted molar refractivity (Wildman–Crippen MR) is 65.3 cm³/mol. The molecule has 0 spiro atoms. The molecule has 1 aromatic carbocycles. The highest BCUT2D eigenvalue weighted by molar-refractivity contribution is 5.98. The second-order valence-corrected chi connectivity index (χ2v) is 4.71. The number of ketones is 1. The summed E-state index contributed by atoms with van der Waals surface area (Å²) in [5, 5.41) is 1.01. The summed E-state index contributed by atoms with van der Waals surface area (Å²) < 4.78 is 5.58. The van der Waals surface area contributed by atoms with Gasteiger partial charge in [0.25, 0.3) is 5.78 Å². The SMILES string of the molecule is O=C(C[NH+]1CCCC1)c1cc2ccccc2o1. The lowest BCUT2D eigenvalue weighted by molar-refractivity contribution is -0.878. The summed E-state index contributed by atoms with van der Waals surface area (Å²) in [6.45, 7) is 2.80. The van der Waals surface area contributed by atoms with Crippen LogP contribution in [0.15, 0.2) is 34.7 Å². The Kier molecular flexibility index (Phi) is 2.69. The van der Waals surface area contributed by atoms with Gasteiger partial charge < -0.3 is 9.32 Å². The van der Waals surface area contributed by atoms with Gasteiger partial charge in [-0.05, 0) is 12.1 Å². The minimum absolute atomic E-state index is 0.123. The maximum absolute atomic E-state index is 12.1. The van der Waals surface area contributed by atoms with Gasteiger partial charge in [-0.25, -0.2) is 0 Å². The summed E-state index contributed by atoms with van der Waals surface area (Å²) in [4.78, 5) is 13.4. The summed E-state index contributed by atoms with van der Waals surface area (Å²) in [7, 11) is 0. The number of furan rings is 1. The van der Waals surface area contributed by atoms with Crippen molar-refractivity contribution in [3.63, 3.8) is 0 Å². The first kappa shape index (κ1) is 10.5. The zero-order valence-electron chi connectivity index (χ0n) is 9.74. The molecule has 0 bridgehead atoms. The number of quaternary nitrogens is 1. The smallest absolute Gasteiger partial charge is 0.251 e. The van der Waals surface area contributed by atoms with Crippen molar-refractivity contribution in [3.05, 3.63) is 36.1 Å². The summed E-state index contributed by atoms with van der Waals surface area (Å²) >= 11 is 0. The average molecular weight is 230 g/mol. The van der Waals surface area contributed by atoms with Crippen LogP contribution in [-0.4, -0.2) is 25.4 Å². The highest BCUT2D eigenvalue weighted by atomic mass is 16.3. The molecule has 1 fully saturated rings. The van der Waals surface area contributed by atoms with E-state index in [0.29, 0.717) is 12.3 Å². The van der Waals surface area contributed by atoms with Gasteiger partial charge in [-0.3, -0.25) is 4.79 Å². The molecule has 0 aliphatic carbocycles. The molecule has 3 heteroatoms. The number of rotatable bonds is 3. The zero-order chi connectivity index (χ0) is 11.7. The fraction of sp³-hybridized carbons (Fsp3) is 0.357. The largest absolute Gasteiger partial charge is 0.453 e. The van der Waals surface area contributed by atoms with E-state index in [1.807, 2.05) is 30.3 Å². The van der Waals surface area contributed by atoms with Gasteiger partial charge in [0, 0.05) is 18.2 Å². The number of hydrogen-bond acceptors (Lipinski definition) is 2. The van der Waals surface area contributed by atoms with E-state index in [2.05, 4.69) is 0 Å². The van der Waals surface area contributed by atoms with Crippen molar-refractivity contribution in [1.29, 1.82) is 0 Å². The van der Waals surface area contributed by atoms with Crippen molar-refractivity contribution in [2.75, 3.05) is 19.6 Å². The summed E-state index contributed by atoms with van der Waals surface area (Å²) in [6, 6.07) is 9.60. The van der Waals surface area contributed by atoms with Gasteiger partial charge in [-0.15, -0.1) is 0 Å². The van der Waals surface area contributed by atoms with Crippen molar-refractivity contribution in [3.8, 4) is 0 Å². The number of carbonyl (C=O) groups excluding carboxylic acids is 1. The Morgan fingerprint density at radius 3 is 2.76 bits per heavy atom. The molecule has 1 N–H and O–H groups in total. The standard InChI is InChI=1S/C14H15NO2/c16-12(10-15-7-3-4-8-15)14-9-11-5-1-2-6-13(11)17-14/h1-2,5-6,9H,3-4,7-8,10H2/p+1. The molecule has 0 atom stereocenters. The lowest BCUT2D eigenvalue weighted by Gasteiger charge is -2.09. The third kappa shape index (κ3) is 2.11.